The third-order valence-electron chi connectivity index (χ3n) is 0. The zero-order valence-electron chi connectivity index (χ0n) is 5.18. The first kappa shape index (κ1) is 29.7. The first-order valence-electron chi connectivity index (χ1n) is 1.22. The minimum atomic E-state index is -3.63. The van der Waals surface area contributed by atoms with Crippen molar-refractivity contribution in [3.8, 4) is 0 Å². The smallest absolute Gasteiger partial charge is 0.0172 e. The zero-order chi connectivity index (χ0) is 7.15. The number of hydrogen-bond acceptors (Lipinski definition) is 6. The lowest BCUT2D eigenvalue weighted by Gasteiger charge is -1.95. The van der Waals surface area contributed by atoms with Gasteiger partial charge < -0.3 is 28.1 Å². The fourth-order valence-corrected chi connectivity index (χ4v) is 0. The van der Waals surface area contributed by atoms with Gasteiger partial charge in [-0.1, -0.05) is 0 Å². The van der Waals surface area contributed by atoms with Gasteiger partial charge in [0.2, 0.25) is 0 Å². The van der Waals surface area contributed by atoms with Gasteiger partial charge in [0.15, 0.2) is 0 Å². The Kier molecular flexibility index (Phi) is 60.7. The van der Waals surface area contributed by atoms with Gasteiger partial charge in [0.05, 0.1) is 0 Å². The lowest BCUT2D eigenvalue weighted by atomic mass is 15.8. The van der Waals surface area contributed by atoms with Gasteiger partial charge >= 0.3 is 0 Å². The molecule has 0 aliphatic heterocycles. The van der Waals surface area contributed by atoms with E-state index in [0.717, 1.165) is 0 Å². The highest BCUT2D eigenvalue weighted by molar-refractivity contribution is 6.17. The highest BCUT2D eigenvalue weighted by atomic mass is 28.3. The van der Waals surface area contributed by atoms with Crippen LogP contribution in [0.2, 0.25) is 0 Å². The minimum absolute atomic E-state index is 0. The molecule has 0 saturated heterocycles. The molecule has 0 N–H and O–H groups in total. The van der Waals surface area contributed by atoms with E-state index in [-0.39, 0.29) is 52.1 Å². The van der Waals surface area contributed by atoms with Crippen molar-refractivity contribution in [2.24, 2.45) is 0 Å². The SMILES string of the molecule is O=[Si]([O-])[O-].O=[Si]([O-])[O-].[Al].[Al].[Al]. The van der Waals surface area contributed by atoms with Crippen molar-refractivity contribution in [3.63, 3.8) is 0 Å². The minimum Gasteiger partial charge on any atom is -0.672 e. The molecule has 0 rings (SSSR count). The van der Waals surface area contributed by atoms with Gasteiger partial charge in [-0.15, -0.1) is 0 Å². The Morgan fingerprint density at radius 1 is 0.636 bits per heavy atom. The quantitative estimate of drug-likeness (QED) is 0.382. The van der Waals surface area contributed by atoms with Crippen molar-refractivity contribution in [2.75, 3.05) is 0 Å². The summed E-state index contributed by atoms with van der Waals surface area (Å²) in [6, 6.07) is 0. The van der Waals surface area contributed by atoms with Gasteiger partial charge in [0.1, 0.15) is 0 Å². The van der Waals surface area contributed by atoms with E-state index in [2.05, 4.69) is 0 Å². The molecule has 11 heteroatoms. The first-order chi connectivity index (χ1) is 3.46. The Morgan fingerprint density at radius 2 is 0.636 bits per heavy atom. The van der Waals surface area contributed by atoms with Crippen molar-refractivity contribution in [3.05, 3.63) is 0 Å². The Morgan fingerprint density at radius 3 is 0.636 bits per heavy atom. The van der Waals surface area contributed by atoms with Crippen LogP contribution in [0.5, 0.6) is 0 Å². The molecular weight excluding hydrogens is 233 g/mol. The molecule has 0 amide bonds. The monoisotopic (exact) mass is 233 g/mol. The molecule has 0 aromatic carbocycles. The Labute approximate surface area is 98.1 Å². The third kappa shape index (κ3) is 1220. The lowest BCUT2D eigenvalue weighted by Crippen LogP contribution is -2.34. The maximum absolute atomic E-state index is 8.52. The highest BCUT2D eigenvalue weighted by Crippen LogP contribution is 0.993. The van der Waals surface area contributed by atoms with E-state index >= 15 is 0 Å². The second-order valence-electron chi connectivity index (χ2n) is 0.500. The van der Waals surface area contributed by atoms with Crippen molar-refractivity contribution in [2.45, 2.75) is 0 Å². The molecule has 0 unspecified atom stereocenters. The molecule has 6 nitrogen and oxygen atoms in total. The summed E-state index contributed by atoms with van der Waals surface area (Å²) in [5.74, 6) is 0. The van der Waals surface area contributed by atoms with Crippen molar-refractivity contribution >= 4 is 70.4 Å². The van der Waals surface area contributed by atoms with Crippen LogP contribution in [0.1, 0.15) is 0 Å². The average molecular weight is 233 g/mol. The molecular formula is Al3O6Si2-4. The van der Waals surface area contributed by atoms with Gasteiger partial charge in [-0.05, 0) is 0 Å². The maximum Gasteiger partial charge on any atom is 0.0172 e. The van der Waals surface area contributed by atoms with E-state index in [1.807, 2.05) is 0 Å². The fraction of sp³-hybridized carbons (Fsp3) is 0. The summed E-state index contributed by atoms with van der Waals surface area (Å²) in [5.41, 5.74) is 0. The summed E-state index contributed by atoms with van der Waals surface area (Å²) in [6.07, 6.45) is 0. The van der Waals surface area contributed by atoms with Crippen LogP contribution in [0, 0.1) is 0 Å². The summed E-state index contributed by atoms with van der Waals surface area (Å²) in [7, 11) is -7.26. The molecule has 0 spiro atoms. The van der Waals surface area contributed by atoms with E-state index < -0.39 is 18.3 Å². The van der Waals surface area contributed by atoms with Crippen molar-refractivity contribution in [1.29, 1.82) is 0 Å². The Bertz CT molecular complexity index is 73.8. The van der Waals surface area contributed by atoms with Crippen LogP contribution in [-0.4, -0.2) is 70.4 Å². The topological polar surface area (TPSA) is 126 Å². The zero-order valence-corrected chi connectivity index (χ0v) is 10.6. The predicted octanol–water partition coefficient (Wildman–Crippen LogP) is -6.90. The standard InChI is InChI=1S/3Al.2O3Si/c;;;2*1-4(2)3/q;;;2*-2. The first-order valence-corrected chi connectivity index (χ1v) is 3.67. The molecule has 11 heavy (non-hydrogen) atoms. The van der Waals surface area contributed by atoms with Crippen LogP contribution in [0.3, 0.4) is 0 Å². The largest absolute Gasteiger partial charge is 0.672 e. The third-order valence-corrected chi connectivity index (χ3v) is 0. The summed E-state index contributed by atoms with van der Waals surface area (Å²) in [4.78, 5) is 34.1. The highest BCUT2D eigenvalue weighted by Gasteiger charge is 1.29. The average Bonchev–Trinajstić information content (AvgIpc) is 1.25. The van der Waals surface area contributed by atoms with E-state index in [9.17, 15) is 0 Å². The van der Waals surface area contributed by atoms with Gasteiger partial charge in [-0.25, -0.2) is 0 Å². The number of rotatable bonds is 0. The van der Waals surface area contributed by atoms with Gasteiger partial charge in [0.25, 0.3) is 0 Å². The van der Waals surface area contributed by atoms with Crippen LogP contribution in [0.15, 0.2) is 0 Å². The molecule has 0 aromatic rings. The van der Waals surface area contributed by atoms with Crippen LogP contribution >= 0.6 is 0 Å². The second kappa shape index (κ2) is 22.4. The second-order valence-corrected chi connectivity index (χ2v) is 1.50. The summed E-state index contributed by atoms with van der Waals surface area (Å²) < 4.78 is 17.0. The summed E-state index contributed by atoms with van der Waals surface area (Å²) in [6.45, 7) is 0. The van der Waals surface area contributed by atoms with E-state index in [1.165, 1.54) is 0 Å². The van der Waals surface area contributed by atoms with Crippen LogP contribution < -0.4 is 19.2 Å². The summed E-state index contributed by atoms with van der Waals surface area (Å²) in [5, 5.41) is 0. The molecule has 0 aliphatic rings. The van der Waals surface area contributed by atoms with E-state index in [4.69, 9.17) is 28.1 Å². The Balaban J connectivity index is -0.0000000171. The number of hydrogen-bond donors (Lipinski definition) is 0. The van der Waals surface area contributed by atoms with Crippen molar-refractivity contribution < 1.29 is 28.1 Å². The van der Waals surface area contributed by atoms with Crippen LogP contribution in [0.4, 0.5) is 0 Å². The molecule has 0 saturated carbocycles. The van der Waals surface area contributed by atoms with Gasteiger partial charge in [-0.3, -0.25) is 0 Å². The molecule has 0 aromatic heterocycles. The van der Waals surface area contributed by atoms with Crippen LogP contribution in [0.25, 0.3) is 0 Å². The fourth-order valence-electron chi connectivity index (χ4n) is 0. The molecule has 0 heterocycles. The summed E-state index contributed by atoms with van der Waals surface area (Å²) >= 11 is 0. The van der Waals surface area contributed by atoms with E-state index in [0.29, 0.717) is 0 Å². The normalized spacial score (nSPS) is 4.36. The van der Waals surface area contributed by atoms with E-state index in [1.54, 1.807) is 0 Å². The molecule has 9 radical (unpaired) electrons. The molecule has 0 aliphatic carbocycles. The molecule has 0 fully saturated rings. The van der Waals surface area contributed by atoms with Gasteiger partial charge in [-0.2, -0.15) is 0 Å². The maximum atomic E-state index is 8.52. The lowest BCUT2D eigenvalue weighted by molar-refractivity contribution is -0.356. The Hall–Kier alpha value is 0.831. The predicted molar refractivity (Wildman–Crippen MR) is 30.1 cm³/mol. The molecule has 0 atom stereocenters. The molecule has 57 valence electrons. The van der Waals surface area contributed by atoms with Crippen molar-refractivity contribution in [1.82, 2.24) is 0 Å². The van der Waals surface area contributed by atoms with Gasteiger partial charge in [0, 0.05) is 70.4 Å². The van der Waals surface area contributed by atoms with Crippen LogP contribution in [-0.2, 0) is 8.92 Å². The molecule has 0 bridgehead atoms.